The number of nitrogens with one attached hydrogen (secondary N) is 2. The molecule has 1 saturated heterocycles. The maximum absolute atomic E-state index is 5.35. The smallest absolute Gasteiger partial charge is 0.179 e. The van der Waals surface area contributed by atoms with E-state index in [2.05, 4.69) is 102 Å². The fourth-order valence-corrected chi connectivity index (χ4v) is 14.8. The number of hydrogen-bond acceptors (Lipinski definition) is 2. The van der Waals surface area contributed by atoms with E-state index >= 15 is 0 Å². The molecule has 8 heteroatoms. The molecule has 0 aromatic heterocycles. The summed E-state index contributed by atoms with van der Waals surface area (Å²) in [6, 6.07) is 2.03. The highest BCUT2D eigenvalue weighted by atomic mass is 31.3. The van der Waals surface area contributed by atoms with Crippen LogP contribution in [0.3, 0.4) is 0 Å². The lowest BCUT2D eigenvalue weighted by Gasteiger charge is -2.66. The van der Waals surface area contributed by atoms with Gasteiger partial charge in [-0.1, -0.05) is 0 Å². The fraction of sp³-hybridized carbons (Fsp3) is 1.00. The lowest BCUT2D eigenvalue weighted by atomic mass is 10.4. The van der Waals surface area contributed by atoms with Gasteiger partial charge in [0.15, 0.2) is 15.0 Å². The minimum absolute atomic E-state index is 0.275. The Morgan fingerprint density at radius 1 is 0.538 bits per heavy atom. The third-order valence-electron chi connectivity index (χ3n) is 3.71. The minimum Gasteiger partial charge on any atom is -0.257 e. The van der Waals surface area contributed by atoms with Gasteiger partial charge < -0.3 is 0 Å². The van der Waals surface area contributed by atoms with E-state index in [0.717, 1.165) is 0 Å². The van der Waals surface area contributed by atoms with Crippen molar-refractivity contribution >= 4 is 15.0 Å². The minimum atomic E-state index is -2.01. The molecule has 0 amide bonds. The summed E-state index contributed by atoms with van der Waals surface area (Å²) in [6.07, 6.45) is 0. The molecular formula is C18H44N6P2. The Bertz CT molecular complexity index is 500. The third kappa shape index (κ3) is 4.82. The molecule has 6 nitrogen and oxygen atoms in total. The van der Waals surface area contributed by atoms with Crippen molar-refractivity contribution < 1.29 is 0 Å². The predicted octanol–water partition coefficient (Wildman–Crippen LogP) is 6.13. The Kier molecular flexibility index (Phi) is 8.61. The summed E-state index contributed by atoms with van der Waals surface area (Å²) in [6.45, 7) is 26.8. The van der Waals surface area contributed by atoms with Gasteiger partial charge in [-0.2, -0.15) is 8.88 Å². The highest BCUT2D eigenvalue weighted by Gasteiger charge is 2.62. The van der Waals surface area contributed by atoms with Crippen molar-refractivity contribution in [1.82, 2.24) is 19.1 Å². The topological polar surface area (TPSA) is 55.3 Å². The van der Waals surface area contributed by atoms with Crippen molar-refractivity contribution in [1.29, 1.82) is 0 Å². The molecule has 1 aliphatic rings. The molecule has 0 spiro atoms. The highest BCUT2D eigenvalue weighted by molar-refractivity contribution is 7.89. The van der Waals surface area contributed by atoms with E-state index < -0.39 is 15.0 Å². The van der Waals surface area contributed by atoms with Crippen LogP contribution in [0.15, 0.2) is 9.49 Å². The van der Waals surface area contributed by atoms with Crippen molar-refractivity contribution in [2.24, 2.45) is 9.49 Å². The first kappa shape index (κ1) is 24.3. The van der Waals surface area contributed by atoms with Crippen molar-refractivity contribution in [3.05, 3.63) is 0 Å². The summed E-state index contributed by atoms with van der Waals surface area (Å²) in [7, 11) is -4.03. The van der Waals surface area contributed by atoms with Crippen LogP contribution >= 0.6 is 15.0 Å². The fourth-order valence-electron chi connectivity index (χ4n) is 3.64. The Morgan fingerprint density at radius 2 is 0.808 bits per heavy atom. The van der Waals surface area contributed by atoms with Gasteiger partial charge in [0.25, 0.3) is 0 Å². The van der Waals surface area contributed by atoms with E-state index in [-0.39, 0.29) is 12.1 Å². The van der Waals surface area contributed by atoms with Crippen LogP contribution in [0.1, 0.15) is 83.1 Å². The second-order valence-electron chi connectivity index (χ2n) is 8.95. The zero-order chi connectivity index (χ0) is 20.4. The van der Waals surface area contributed by atoms with E-state index in [9.17, 15) is 0 Å². The van der Waals surface area contributed by atoms with Crippen LogP contribution in [0.2, 0.25) is 0 Å². The van der Waals surface area contributed by atoms with Crippen LogP contribution in [0.5, 0.6) is 0 Å². The number of hydrogen-bond donors (Lipinski definition) is 2. The van der Waals surface area contributed by atoms with Gasteiger partial charge in [0.2, 0.25) is 0 Å². The molecule has 0 unspecified atom stereocenters. The highest BCUT2D eigenvalue weighted by Crippen LogP contribution is 2.87. The van der Waals surface area contributed by atoms with E-state index in [1.54, 1.807) is 0 Å². The summed E-state index contributed by atoms with van der Waals surface area (Å²) in [5.74, 6) is 0. The van der Waals surface area contributed by atoms with E-state index in [1.807, 2.05) is 0 Å². The van der Waals surface area contributed by atoms with Gasteiger partial charge in [0, 0.05) is 36.3 Å². The summed E-state index contributed by atoms with van der Waals surface area (Å²) in [5.41, 5.74) is 0. The largest absolute Gasteiger partial charge is 0.257 e. The van der Waals surface area contributed by atoms with Gasteiger partial charge >= 0.3 is 0 Å². The normalized spacial score (nSPS) is 28.1. The Balaban J connectivity index is 3.82. The van der Waals surface area contributed by atoms with Crippen molar-refractivity contribution in [2.75, 3.05) is 0 Å². The second-order valence-corrected chi connectivity index (χ2v) is 14.6. The standard InChI is InChI=1S/C18H44N6P2/c1-13(2)19-25(20-14(3)4)23(17(9)10)26(21-15(5)6,22-16(7)8)24(25)18(11)12/h13-19,21H,1-12H3. The monoisotopic (exact) mass is 406 g/mol. The predicted molar refractivity (Wildman–Crippen MR) is 119 cm³/mol. The van der Waals surface area contributed by atoms with Crippen LogP contribution in [0, 0.1) is 0 Å². The van der Waals surface area contributed by atoms with Crippen LogP contribution in [-0.2, 0) is 0 Å². The van der Waals surface area contributed by atoms with Gasteiger partial charge in [0.05, 0.1) is 0 Å². The molecule has 0 bridgehead atoms. The number of rotatable bonds is 8. The zero-order valence-corrected chi connectivity index (χ0v) is 20.9. The van der Waals surface area contributed by atoms with Crippen molar-refractivity contribution in [3.63, 3.8) is 0 Å². The molecule has 1 rings (SSSR count). The van der Waals surface area contributed by atoms with Crippen LogP contribution < -0.4 is 10.2 Å². The van der Waals surface area contributed by atoms with Crippen molar-refractivity contribution in [3.8, 4) is 0 Å². The summed E-state index contributed by atoms with van der Waals surface area (Å²) < 4.78 is 16.0. The quantitative estimate of drug-likeness (QED) is 0.476. The van der Waals surface area contributed by atoms with Gasteiger partial charge in [-0.3, -0.25) is 19.7 Å². The summed E-state index contributed by atoms with van der Waals surface area (Å²) in [5, 5.41) is 7.82. The molecular weight excluding hydrogens is 362 g/mol. The second kappa shape index (κ2) is 9.20. The Morgan fingerprint density at radius 3 is 0.962 bits per heavy atom. The molecule has 0 saturated carbocycles. The SMILES string of the molecule is CC(C)N=P1(NC(C)C)N(C(C)C)P(=NC(C)C)(NC(C)C)N1C(C)C. The van der Waals surface area contributed by atoms with Crippen LogP contribution in [-0.4, -0.2) is 45.1 Å². The maximum Gasteiger partial charge on any atom is 0.179 e. The van der Waals surface area contributed by atoms with Gasteiger partial charge in [-0.15, -0.1) is 0 Å². The molecule has 2 N–H and O–H groups in total. The average Bonchev–Trinajstić information content (AvgIpc) is 2.32. The van der Waals surface area contributed by atoms with Gasteiger partial charge in [-0.05, 0) is 83.1 Å². The average molecular weight is 407 g/mol. The van der Waals surface area contributed by atoms with Crippen LogP contribution in [0.4, 0.5) is 0 Å². The van der Waals surface area contributed by atoms with E-state index in [0.29, 0.717) is 24.2 Å². The molecule has 0 radical (unpaired) electrons. The maximum atomic E-state index is 5.35. The van der Waals surface area contributed by atoms with Gasteiger partial charge in [0.1, 0.15) is 0 Å². The molecule has 0 aromatic carbocycles. The molecule has 1 aliphatic heterocycles. The van der Waals surface area contributed by atoms with Gasteiger partial charge in [-0.25, -0.2) is 0 Å². The molecule has 0 aliphatic carbocycles. The first-order valence-corrected chi connectivity index (χ1v) is 13.5. The molecule has 0 atom stereocenters. The van der Waals surface area contributed by atoms with E-state index in [4.69, 9.17) is 9.49 Å². The molecule has 156 valence electrons. The van der Waals surface area contributed by atoms with Crippen LogP contribution in [0.25, 0.3) is 0 Å². The summed E-state index contributed by atoms with van der Waals surface area (Å²) in [4.78, 5) is 0. The molecule has 1 fully saturated rings. The third-order valence-corrected chi connectivity index (χ3v) is 14.1. The zero-order valence-electron chi connectivity index (χ0n) is 19.1. The molecule has 0 aromatic rings. The lowest BCUT2D eigenvalue weighted by Crippen LogP contribution is -2.58. The number of nitrogens with zero attached hydrogens (tertiary/aromatic N) is 4. The molecule has 26 heavy (non-hydrogen) atoms. The first-order chi connectivity index (χ1) is 11.8. The lowest BCUT2D eigenvalue weighted by molar-refractivity contribution is 0.376. The Hall–Kier alpha value is 0.300. The first-order valence-electron chi connectivity index (χ1n) is 10.2. The molecule has 1 heterocycles. The summed E-state index contributed by atoms with van der Waals surface area (Å²) >= 11 is 0. The van der Waals surface area contributed by atoms with Crippen molar-refractivity contribution in [2.45, 2.75) is 119 Å². The Labute approximate surface area is 163 Å². The van der Waals surface area contributed by atoms with E-state index in [1.165, 1.54) is 0 Å².